The molecular weight excluding hydrogens is 289 g/mol. The average Bonchev–Trinajstić information content (AvgIpc) is 2.05. The van der Waals surface area contributed by atoms with Gasteiger partial charge in [-0.05, 0) is 39.8 Å². The third-order valence-corrected chi connectivity index (χ3v) is 1.67. The Morgan fingerprint density at radius 2 is 2.50 bits per heavy atom. The van der Waals surface area contributed by atoms with E-state index in [1.165, 1.54) is 5.41 Å². The standard InChI is InChI=1S/C7H4INO2S/c1-2-6(8)11-7(10)3-4-12-5-9/h1,3-4,6H/b4-3-. The van der Waals surface area contributed by atoms with Crippen LogP contribution in [0.2, 0.25) is 0 Å². The second-order valence-corrected chi connectivity index (χ2v) is 3.25. The normalized spacial score (nSPS) is 11.6. The van der Waals surface area contributed by atoms with Gasteiger partial charge in [-0.25, -0.2) is 4.79 Å². The Kier molecular flexibility index (Phi) is 6.63. The molecule has 62 valence electrons. The van der Waals surface area contributed by atoms with Crippen LogP contribution in [-0.2, 0) is 9.53 Å². The lowest BCUT2D eigenvalue weighted by molar-refractivity contribution is -0.136. The number of carbonyl (C=O) groups excluding carboxylic acids is 1. The lowest BCUT2D eigenvalue weighted by Gasteiger charge is -2.00. The molecule has 0 aromatic rings. The van der Waals surface area contributed by atoms with Crippen LogP contribution in [-0.4, -0.2) is 10.1 Å². The van der Waals surface area contributed by atoms with E-state index in [2.05, 4.69) is 10.7 Å². The molecule has 0 radical (unpaired) electrons. The van der Waals surface area contributed by atoms with E-state index in [0.717, 1.165) is 17.8 Å². The van der Waals surface area contributed by atoms with Crippen molar-refractivity contribution in [2.24, 2.45) is 0 Å². The number of nitriles is 1. The van der Waals surface area contributed by atoms with E-state index in [0.29, 0.717) is 0 Å². The van der Waals surface area contributed by atoms with Gasteiger partial charge in [-0.2, -0.15) is 5.26 Å². The van der Waals surface area contributed by atoms with Crippen LogP contribution in [0.25, 0.3) is 0 Å². The van der Waals surface area contributed by atoms with E-state index in [9.17, 15) is 4.79 Å². The second kappa shape index (κ2) is 7.01. The lowest BCUT2D eigenvalue weighted by Crippen LogP contribution is -2.06. The summed E-state index contributed by atoms with van der Waals surface area (Å²) < 4.78 is 4.09. The van der Waals surface area contributed by atoms with Crippen molar-refractivity contribution >= 4 is 40.3 Å². The van der Waals surface area contributed by atoms with E-state index >= 15 is 0 Å². The zero-order chi connectivity index (χ0) is 9.40. The van der Waals surface area contributed by atoms with Crippen LogP contribution < -0.4 is 0 Å². The fraction of sp³-hybridized carbons (Fsp3) is 0.143. The Hall–Kier alpha value is -0.660. The van der Waals surface area contributed by atoms with Gasteiger partial charge in [0.1, 0.15) is 5.40 Å². The molecule has 0 bridgehead atoms. The van der Waals surface area contributed by atoms with Crippen LogP contribution in [0.15, 0.2) is 11.5 Å². The average molecular weight is 293 g/mol. The first-order valence-electron chi connectivity index (χ1n) is 2.72. The molecule has 0 rings (SSSR count). The number of halogens is 1. The van der Waals surface area contributed by atoms with E-state index in [-0.39, 0.29) is 0 Å². The molecule has 3 nitrogen and oxygen atoms in total. The summed E-state index contributed by atoms with van der Waals surface area (Å²) in [6, 6.07) is 0. The van der Waals surface area contributed by atoms with Crippen LogP contribution >= 0.6 is 34.4 Å². The van der Waals surface area contributed by atoms with Gasteiger partial charge in [0.25, 0.3) is 0 Å². The number of rotatable bonds is 3. The molecule has 0 saturated carbocycles. The number of carbonyl (C=O) groups is 1. The van der Waals surface area contributed by atoms with Crippen LogP contribution in [0.4, 0.5) is 0 Å². The first-order chi connectivity index (χ1) is 5.70. The maximum absolute atomic E-state index is 10.8. The van der Waals surface area contributed by atoms with Gasteiger partial charge in [-0.1, -0.05) is 5.92 Å². The molecule has 0 fully saturated rings. The molecule has 12 heavy (non-hydrogen) atoms. The number of hydrogen-bond donors (Lipinski definition) is 0. The highest BCUT2D eigenvalue weighted by Gasteiger charge is 2.02. The summed E-state index contributed by atoms with van der Waals surface area (Å²) >= 11 is 2.64. The summed E-state index contributed by atoms with van der Waals surface area (Å²) in [7, 11) is 0. The molecule has 0 aliphatic heterocycles. The molecule has 0 heterocycles. The maximum Gasteiger partial charge on any atom is 0.333 e. The van der Waals surface area contributed by atoms with Gasteiger partial charge in [0.15, 0.2) is 0 Å². The van der Waals surface area contributed by atoms with Gasteiger partial charge >= 0.3 is 5.97 Å². The van der Waals surface area contributed by atoms with Gasteiger partial charge < -0.3 is 4.74 Å². The minimum atomic E-state index is -0.563. The Morgan fingerprint density at radius 1 is 1.83 bits per heavy atom. The minimum absolute atomic E-state index is 0.546. The van der Waals surface area contributed by atoms with Crippen molar-refractivity contribution in [2.45, 2.75) is 4.11 Å². The van der Waals surface area contributed by atoms with Crippen LogP contribution in [0.1, 0.15) is 0 Å². The lowest BCUT2D eigenvalue weighted by atomic mass is 10.6. The molecule has 0 N–H and O–H groups in total. The molecule has 1 atom stereocenters. The quantitative estimate of drug-likeness (QED) is 0.198. The Labute approximate surface area is 88.3 Å². The second-order valence-electron chi connectivity index (χ2n) is 1.43. The SMILES string of the molecule is C#CC(I)OC(=O)/C=C\SC#N. The number of hydrogen-bond acceptors (Lipinski definition) is 4. The monoisotopic (exact) mass is 293 g/mol. The topological polar surface area (TPSA) is 50.1 Å². The van der Waals surface area contributed by atoms with Crippen LogP contribution in [0.3, 0.4) is 0 Å². The minimum Gasteiger partial charge on any atom is -0.436 e. The van der Waals surface area contributed by atoms with Crippen molar-refractivity contribution in [3.05, 3.63) is 11.5 Å². The van der Waals surface area contributed by atoms with E-state index in [1.807, 2.05) is 0 Å². The van der Waals surface area contributed by atoms with Gasteiger partial charge in [0.2, 0.25) is 4.11 Å². The third kappa shape index (κ3) is 6.08. The summed E-state index contributed by atoms with van der Waals surface area (Å²) in [5, 5.41) is 11.2. The smallest absolute Gasteiger partial charge is 0.333 e. The molecule has 5 heteroatoms. The highest BCUT2D eigenvalue weighted by molar-refractivity contribution is 14.1. The fourth-order valence-electron chi connectivity index (χ4n) is 0.295. The van der Waals surface area contributed by atoms with Crippen LogP contribution in [0, 0.1) is 23.0 Å². The highest BCUT2D eigenvalue weighted by Crippen LogP contribution is 2.03. The number of ether oxygens (including phenoxy) is 1. The molecule has 0 aliphatic carbocycles. The summed E-state index contributed by atoms with van der Waals surface area (Å²) in [4.78, 5) is 10.8. The predicted molar refractivity (Wildman–Crippen MR) is 55.1 cm³/mol. The molecule has 0 aliphatic rings. The zero-order valence-electron chi connectivity index (χ0n) is 5.86. The first-order valence-corrected chi connectivity index (χ1v) is 4.85. The number of alkyl halides is 1. The maximum atomic E-state index is 10.8. The third-order valence-electron chi connectivity index (χ3n) is 0.676. The number of nitrogens with zero attached hydrogens (tertiary/aromatic N) is 1. The molecule has 0 amide bonds. The van der Waals surface area contributed by atoms with Crippen molar-refractivity contribution in [1.82, 2.24) is 0 Å². The van der Waals surface area contributed by atoms with Crippen molar-refractivity contribution in [1.29, 1.82) is 5.26 Å². The number of terminal acetylenes is 1. The Morgan fingerprint density at radius 3 is 3.00 bits per heavy atom. The van der Waals surface area contributed by atoms with Crippen molar-refractivity contribution < 1.29 is 9.53 Å². The van der Waals surface area contributed by atoms with Crippen LogP contribution in [0.5, 0.6) is 0 Å². The molecule has 1 unspecified atom stereocenters. The Balaban J connectivity index is 3.77. The van der Waals surface area contributed by atoms with Crippen molar-refractivity contribution in [3.63, 3.8) is 0 Å². The molecule has 0 saturated heterocycles. The summed E-state index contributed by atoms with van der Waals surface area (Å²) in [6.45, 7) is 0. The van der Waals surface area contributed by atoms with Crippen molar-refractivity contribution in [2.75, 3.05) is 0 Å². The molecular formula is C7H4INO2S. The Bertz CT molecular complexity index is 264. The van der Waals surface area contributed by atoms with Gasteiger partial charge in [-0.15, -0.1) is 6.42 Å². The first kappa shape index (κ1) is 11.3. The van der Waals surface area contributed by atoms with Gasteiger partial charge in [-0.3, -0.25) is 0 Å². The zero-order valence-corrected chi connectivity index (χ0v) is 8.83. The number of thiocyanates is 1. The largest absolute Gasteiger partial charge is 0.436 e. The highest BCUT2D eigenvalue weighted by atomic mass is 127. The van der Waals surface area contributed by atoms with E-state index < -0.39 is 10.1 Å². The summed E-state index contributed by atoms with van der Waals surface area (Å²) in [5.74, 6) is 1.68. The summed E-state index contributed by atoms with van der Waals surface area (Å²) in [5.41, 5.74) is 0. The molecule has 0 aromatic heterocycles. The molecule has 0 aromatic carbocycles. The van der Waals surface area contributed by atoms with E-state index in [4.69, 9.17) is 11.7 Å². The van der Waals surface area contributed by atoms with Gasteiger partial charge in [0, 0.05) is 6.08 Å². The van der Waals surface area contributed by atoms with Crippen molar-refractivity contribution in [3.8, 4) is 17.7 Å². The van der Waals surface area contributed by atoms with E-state index in [1.54, 1.807) is 28.0 Å². The number of esters is 1. The molecule has 0 spiro atoms. The van der Waals surface area contributed by atoms with Gasteiger partial charge in [0.05, 0.1) is 0 Å². The number of thioether (sulfide) groups is 1. The predicted octanol–water partition coefficient (Wildman–Crippen LogP) is 1.65. The summed E-state index contributed by atoms with van der Waals surface area (Å²) in [6.07, 6.45) is 6.11. The fourth-order valence-corrected chi connectivity index (χ4v) is 0.786.